The third kappa shape index (κ3) is 8.53. The average Bonchev–Trinajstić information content (AvgIpc) is 2.95. The first-order valence-electron chi connectivity index (χ1n) is 14.8. The van der Waals surface area contributed by atoms with Gasteiger partial charge in [-0.25, -0.2) is 0 Å². The lowest BCUT2D eigenvalue weighted by Gasteiger charge is -2.49. The molecule has 0 spiro atoms. The third-order valence-corrected chi connectivity index (χ3v) is 8.26. The predicted octanol–water partition coefficient (Wildman–Crippen LogP) is -3.91. The van der Waals surface area contributed by atoms with Gasteiger partial charge in [0.2, 0.25) is 0 Å². The number of hydrogen-bond donors (Lipinski definition) is 10. The van der Waals surface area contributed by atoms with Crippen molar-refractivity contribution in [2.45, 2.75) is 144 Å². The fraction of sp³-hybridized carbons (Fsp3) is 1.00. The van der Waals surface area contributed by atoms with Gasteiger partial charge in [-0.05, 0) is 12.8 Å². The quantitative estimate of drug-likeness (QED) is 0.0858. The maximum atomic E-state index is 10.6. The highest BCUT2D eigenvalue weighted by atomic mass is 16.7. The molecule has 15 nitrogen and oxygen atoms in total. The Balaban J connectivity index is 1.79. The van der Waals surface area contributed by atoms with E-state index in [0.29, 0.717) is 6.61 Å². The van der Waals surface area contributed by atoms with E-state index in [9.17, 15) is 30.6 Å². The van der Waals surface area contributed by atoms with Crippen LogP contribution in [-0.2, 0) is 23.7 Å². The van der Waals surface area contributed by atoms with Crippen LogP contribution in [0.2, 0.25) is 0 Å². The molecule has 0 unspecified atom stereocenters. The second-order valence-electron chi connectivity index (χ2n) is 11.4. The summed E-state index contributed by atoms with van der Waals surface area (Å²) >= 11 is 0. The van der Waals surface area contributed by atoms with E-state index in [2.05, 4.69) is 6.92 Å². The van der Waals surface area contributed by atoms with E-state index in [1.807, 2.05) is 0 Å². The minimum atomic E-state index is -1.65. The molecule has 0 aromatic rings. The van der Waals surface area contributed by atoms with Crippen LogP contribution in [0.5, 0.6) is 0 Å². The van der Waals surface area contributed by atoms with E-state index >= 15 is 0 Å². The molecule has 3 rings (SSSR count). The highest BCUT2D eigenvalue weighted by Gasteiger charge is 2.52. The number of rotatable bonds is 14. The largest absolute Gasteiger partial charge is 0.394 e. The van der Waals surface area contributed by atoms with Crippen molar-refractivity contribution in [3.63, 3.8) is 0 Å². The smallest absolute Gasteiger partial charge is 0.187 e. The molecule has 3 fully saturated rings. The van der Waals surface area contributed by atoms with Gasteiger partial charge in [0.1, 0.15) is 61.0 Å². The molecule has 2 saturated heterocycles. The lowest BCUT2D eigenvalue weighted by Crippen LogP contribution is -2.69. The Kier molecular flexibility index (Phi) is 14.0. The summed E-state index contributed by atoms with van der Waals surface area (Å²) in [6.07, 6.45) is -8.74. The van der Waals surface area contributed by atoms with Crippen LogP contribution in [0.1, 0.15) is 51.9 Å². The van der Waals surface area contributed by atoms with Crippen LogP contribution in [0.15, 0.2) is 0 Å². The normalized spacial score (nSPS) is 45.6. The van der Waals surface area contributed by atoms with Gasteiger partial charge in [0.15, 0.2) is 12.6 Å². The summed E-state index contributed by atoms with van der Waals surface area (Å²) in [6.45, 7) is 1.75. The molecule has 242 valence electrons. The molecule has 14 N–H and O–H groups in total. The maximum absolute atomic E-state index is 10.6. The van der Waals surface area contributed by atoms with Gasteiger partial charge < -0.3 is 77.3 Å². The van der Waals surface area contributed by atoms with Crippen molar-refractivity contribution in [2.24, 2.45) is 22.9 Å². The minimum Gasteiger partial charge on any atom is -0.394 e. The molecule has 2 heterocycles. The summed E-state index contributed by atoms with van der Waals surface area (Å²) in [5, 5.41) is 61.3. The maximum Gasteiger partial charge on any atom is 0.187 e. The molecule has 0 bridgehead atoms. The topological polar surface area (TPSA) is 272 Å². The van der Waals surface area contributed by atoms with Gasteiger partial charge in [0, 0.05) is 25.2 Å². The second kappa shape index (κ2) is 16.5. The van der Waals surface area contributed by atoms with Gasteiger partial charge >= 0.3 is 0 Å². The zero-order valence-electron chi connectivity index (χ0n) is 23.8. The molecular weight excluding hydrogens is 544 g/mol. The summed E-state index contributed by atoms with van der Waals surface area (Å²) in [4.78, 5) is 0. The Morgan fingerprint density at radius 1 is 0.683 bits per heavy atom. The SMILES string of the molecule is CCCCCCCCO[C@@H]1[C@@H](O[C@H]2O[C@H](CO)[C@@H](O)[C@H](O)[C@H]2O)[C@H](N)C[C@H](N)[C@H]1O[C@H]1O[C@H](CN)[C@@H](O)[C@H](O)[C@H]1N. The summed E-state index contributed by atoms with van der Waals surface area (Å²) in [5.74, 6) is 0. The van der Waals surface area contributed by atoms with Crippen molar-refractivity contribution in [1.29, 1.82) is 0 Å². The number of hydrogen-bond acceptors (Lipinski definition) is 15. The lowest BCUT2D eigenvalue weighted by molar-refractivity contribution is -0.334. The number of aliphatic hydroxyl groups excluding tert-OH is 6. The van der Waals surface area contributed by atoms with Crippen molar-refractivity contribution in [3.05, 3.63) is 0 Å². The summed E-state index contributed by atoms with van der Waals surface area (Å²) in [6, 6.07) is -2.51. The van der Waals surface area contributed by atoms with Gasteiger partial charge in [-0.3, -0.25) is 0 Å². The van der Waals surface area contributed by atoms with E-state index in [4.69, 9.17) is 46.6 Å². The Hall–Kier alpha value is -0.600. The van der Waals surface area contributed by atoms with Crippen LogP contribution in [-0.4, -0.2) is 142 Å². The molecule has 3 aliphatic rings. The van der Waals surface area contributed by atoms with Crippen molar-refractivity contribution >= 4 is 0 Å². The van der Waals surface area contributed by atoms with Gasteiger partial charge in [-0.15, -0.1) is 0 Å². The molecule has 0 radical (unpaired) electrons. The van der Waals surface area contributed by atoms with Crippen LogP contribution in [0.25, 0.3) is 0 Å². The first-order valence-corrected chi connectivity index (χ1v) is 14.8. The number of nitrogens with two attached hydrogens (primary N) is 4. The summed E-state index contributed by atoms with van der Waals surface area (Å²) in [5.41, 5.74) is 24.8. The van der Waals surface area contributed by atoms with Crippen LogP contribution in [0, 0.1) is 0 Å². The fourth-order valence-electron chi connectivity index (χ4n) is 5.66. The second-order valence-corrected chi connectivity index (χ2v) is 11.4. The fourth-order valence-corrected chi connectivity index (χ4v) is 5.66. The Morgan fingerprint density at radius 3 is 1.85 bits per heavy atom. The Labute approximate surface area is 241 Å². The van der Waals surface area contributed by atoms with E-state index in [0.717, 1.165) is 38.5 Å². The number of unbranched alkanes of at least 4 members (excludes halogenated alkanes) is 5. The van der Waals surface area contributed by atoms with Crippen molar-refractivity contribution in [1.82, 2.24) is 0 Å². The van der Waals surface area contributed by atoms with Crippen LogP contribution in [0.3, 0.4) is 0 Å². The first-order chi connectivity index (χ1) is 19.5. The predicted molar refractivity (Wildman–Crippen MR) is 145 cm³/mol. The first kappa shape index (κ1) is 34.9. The van der Waals surface area contributed by atoms with Gasteiger partial charge in [0.05, 0.1) is 12.6 Å². The van der Waals surface area contributed by atoms with Crippen LogP contribution in [0.4, 0.5) is 0 Å². The van der Waals surface area contributed by atoms with Crippen LogP contribution < -0.4 is 22.9 Å². The molecule has 15 heteroatoms. The van der Waals surface area contributed by atoms with E-state index in [1.54, 1.807) is 0 Å². The van der Waals surface area contributed by atoms with Crippen LogP contribution >= 0.6 is 0 Å². The highest BCUT2D eigenvalue weighted by Crippen LogP contribution is 2.33. The lowest BCUT2D eigenvalue weighted by atomic mass is 9.84. The molecule has 41 heavy (non-hydrogen) atoms. The molecule has 0 amide bonds. The standard InChI is InChI=1S/C26H52N4O11/c1-2-3-4-5-6-7-8-37-24-22(40-25-16(30)19(34)17(32)14(10-27)38-25)12(28)9-13(29)23(24)41-26-21(36)20(35)18(33)15(11-31)39-26/h12-26,31-36H,2-11,27-30H2,1H3/t12-,13+,14+,15+,16+,17+,18+,19+,20-,21+,22+,23-,24-,25+,26+/m0/s1. The zero-order chi connectivity index (χ0) is 30.3. The molecule has 15 atom stereocenters. The third-order valence-electron chi connectivity index (χ3n) is 8.26. The Bertz CT molecular complexity index is 706. The molecule has 0 aromatic carbocycles. The molecule has 0 aromatic heterocycles. The van der Waals surface area contributed by atoms with E-state index in [-0.39, 0.29) is 13.0 Å². The summed E-state index contributed by atoms with van der Waals surface area (Å²) in [7, 11) is 0. The minimum absolute atomic E-state index is 0.0901. The Morgan fingerprint density at radius 2 is 1.24 bits per heavy atom. The van der Waals surface area contributed by atoms with Gasteiger partial charge in [0.25, 0.3) is 0 Å². The monoisotopic (exact) mass is 596 g/mol. The van der Waals surface area contributed by atoms with Crippen molar-refractivity contribution in [2.75, 3.05) is 19.8 Å². The van der Waals surface area contributed by atoms with Crippen molar-refractivity contribution in [3.8, 4) is 0 Å². The molecular formula is C26H52N4O11. The number of aliphatic hydroxyl groups is 6. The molecule has 2 aliphatic heterocycles. The molecule has 1 aliphatic carbocycles. The average molecular weight is 597 g/mol. The van der Waals surface area contributed by atoms with Gasteiger partial charge in [-0.1, -0.05) is 39.0 Å². The highest BCUT2D eigenvalue weighted by molar-refractivity contribution is 5.02. The molecule has 1 saturated carbocycles. The van der Waals surface area contributed by atoms with Crippen molar-refractivity contribution < 1.29 is 54.3 Å². The number of ether oxygens (including phenoxy) is 5. The summed E-state index contributed by atoms with van der Waals surface area (Å²) < 4.78 is 29.9. The van der Waals surface area contributed by atoms with Gasteiger partial charge in [-0.2, -0.15) is 0 Å². The van der Waals surface area contributed by atoms with E-state index < -0.39 is 98.4 Å². The zero-order valence-corrected chi connectivity index (χ0v) is 23.8. The van der Waals surface area contributed by atoms with E-state index in [1.165, 1.54) is 0 Å².